The van der Waals surface area contributed by atoms with Crippen molar-refractivity contribution < 1.29 is 19.5 Å². The van der Waals surface area contributed by atoms with Gasteiger partial charge in [-0.25, -0.2) is 4.98 Å². The minimum atomic E-state index is -0.676. The van der Waals surface area contributed by atoms with Crippen molar-refractivity contribution in [3.05, 3.63) is 52.5 Å². The van der Waals surface area contributed by atoms with Crippen molar-refractivity contribution in [2.75, 3.05) is 20.6 Å². The van der Waals surface area contributed by atoms with Crippen molar-refractivity contribution in [2.45, 2.75) is 103 Å². The zero-order valence-corrected chi connectivity index (χ0v) is 27.5. The van der Waals surface area contributed by atoms with E-state index in [4.69, 9.17) is 0 Å². The molecule has 0 spiro atoms. The Morgan fingerprint density at radius 1 is 1.02 bits per heavy atom. The van der Waals surface area contributed by atoms with Gasteiger partial charge in [-0.15, -0.1) is 11.3 Å². The molecule has 43 heavy (non-hydrogen) atoms. The van der Waals surface area contributed by atoms with Gasteiger partial charge in [-0.1, -0.05) is 76.3 Å². The van der Waals surface area contributed by atoms with Gasteiger partial charge in [0.05, 0.1) is 29.1 Å². The molecule has 9 heteroatoms. The van der Waals surface area contributed by atoms with Crippen LogP contribution in [0.5, 0.6) is 0 Å². The van der Waals surface area contributed by atoms with Crippen LogP contribution in [-0.4, -0.2) is 70.4 Å². The maximum Gasteiger partial charge on any atom is 0.241 e. The first-order chi connectivity index (χ1) is 20.5. The maximum atomic E-state index is 14.0. The molecule has 0 saturated heterocycles. The molecular formula is C34H52N4O4S. The summed E-state index contributed by atoms with van der Waals surface area (Å²) in [6.07, 6.45) is 9.45. The molecule has 0 unspecified atom stereocenters. The molecule has 1 fully saturated rings. The van der Waals surface area contributed by atoms with Gasteiger partial charge in [-0.05, 0) is 43.6 Å². The van der Waals surface area contributed by atoms with Crippen LogP contribution in [0.25, 0.3) is 0 Å². The summed E-state index contributed by atoms with van der Waals surface area (Å²) in [7, 11) is 3.35. The zero-order valence-electron chi connectivity index (χ0n) is 26.7. The molecule has 0 aliphatic heterocycles. The fraction of sp³-hybridized carbons (Fsp3) is 0.647. The van der Waals surface area contributed by atoms with Crippen molar-refractivity contribution in [1.82, 2.24) is 20.1 Å². The Bertz CT molecular complexity index is 1120. The lowest BCUT2D eigenvalue weighted by Crippen LogP contribution is -2.48. The fourth-order valence-electron chi connectivity index (χ4n) is 5.89. The summed E-state index contributed by atoms with van der Waals surface area (Å²) < 4.78 is 0. The molecule has 238 valence electrons. The van der Waals surface area contributed by atoms with E-state index in [1.165, 1.54) is 35.5 Å². The quantitative estimate of drug-likeness (QED) is 0.256. The minimum Gasteiger partial charge on any atom is -0.391 e. The van der Waals surface area contributed by atoms with E-state index in [9.17, 15) is 19.5 Å². The van der Waals surface area contributed by atoms with Crippen molar-refractivity contribution in [3.8, 4) is 0 Å². The van der Waals surface area contributed by atoms with Gasteiger partial charge in [0.2, 0.25) is 17.7 Å². The minimum absolute atomic E-state index is 0.0540. The van der Waals surface area contributed by atoms with Gasteiger partial charge in [0.25, 0.3) is 0 Å². The van der Waals surface area contributed by atoms with E-state index in [0.717, 1.165) is 36.3 Å². The summed E-state index contributed by atoms with van der Waals surface area (Å²) in [6.45, 7) is 6.11. The predicted molar refractivity (Wildman–Crippen MR) is 172 cm³/mol. The van der Waals surface area contributed by atoms with Gasteiger partial charge in [-0.3, -0.25) is 14.4 Å². The van der Waals surface area contributed by atoms with Crippen molar-refractivity contribution in [3.63, 3.8) is 0 Å². The molecular weight excluding hydrogens is 560 g/mol. The normalized spacial score (nSPS) is 16.7. The Morgan fingerprint density at radius 2 is 1.72 bits per heavy atom. The number of aliphatic hydroxyl groups is 1. The van der Waals surface area contributed by atoms with Crippen LogP contribution in [0, 0.1) is 17.8 Å². The molecule has 0 bridgehead atoms. The van der Waals surface area contributed by atoms with E-state index in [-0.39, 0.29) is 42.8 Å². The molecule has 1 aliphatic rings. The number of benzene rings is 1. The molecule has 8 nitrogen and oxygen atoms in total. The molecule has 1 aliphatic carbocycles. The number of aromatic nitrogens is 1. The largest absolute Gasteiger partial charge is 0.391 e. The smallest absolute Gasteiger partial charge is 0.241 e. The van der Waals surface area contributed by atoms with Crippen LogP contribution in [0.4, 0.5) is 0 Å². The number of thiazole rings is 1. The van der Waals surface area contributed by atoms with Gasteiger partial charge in [0.15, 0.2) is 0 Å². The highest BCUT2D eigenvalue weighted by Crippen LogP contribution is 2.30. The first-order valence-electron chi connectivity index (χ1n) is 16.0. The number of carbonyl (C=O) groups is 3. The molecule has 1 heterocycles. The standard InChI is InChI=1S/C34H52N4O4S/c1-24(2)16-17-30(39)29(20-26-12-8-6-9-13-26)36-34(42)28(21-31-35-18-19-43-31)22-32(40)38(23-33(41)37(4)5)25(3)27-14-10-7-11-15-27/h7,10-11,14-15,18-19,24-26,28-30,39H,6,8-9,12-13,16-17,20-23H2,1-5H3,(H,36,42)/t25-,28+,29-,30-/m0/s1. The number of carbonyl (C=O) groups excluding carboxylic acids is 3. The van der Waals surface area contributed by atoms with Gasteiger partial charge in [0, 0.05) is 38.5 Å². The Labute approximate surface area is 262 Å². The summed E-state index contributed by atoms with van der Waals surface area (Å²) in [5.74, 6) is -0.418. The van der Waals surface area contributed by atoms with Crippen LogP contribution in [0.2, 0.25) is 0 Å². The Hall–Kier alpha value is -2.78. The highest BCUT2D eigenvalue weighted by molar-refractivity contribution is 7.09. The van der Waals surface area contributed by atoms with E-state index in [1.54, 1.807) is 25.2 Å². The number of aliphatic hydroxyl groups excluding tert-OH is 1. The van der Waals surface area contributed by atoms with Gasteiger partial charge >= 0.3 is 0 Å². The third kappa shape index (κ3) is 11.3. The number of hydrogen-bond donors (Lipinski definition) is 2. The van der Waals surface area contributed by atoms with Gasteiger partial charge < -0.3 is 20.2 Å². The van der Waals surface area contributed by atoms with Crippen molar-refractivity contribution >= 4 is 29.1 Å². The first-order valence-corrected chi connectivity index (χ1v) is 16.8. The lowest BCUT2D eigenvalue weighted by Gasteiger charge is -2.33. The second kappa shape index (κ2) is 17.5. The number of amides is 3. The highest BCUT2D eigenvalue weighted by Gasteiger charge is 2.33. The summed E-state index contributed by atoms with van der Waals surface area (Å²) >= 11 is 1.46. The highest BCUT2D eigenvalue weighted by atomic mass is 32.1. The summed E-state index contributed by atoms with van der Waals surface area (Å²) in [4.78, 5) is 48.3. The second-order valence-electron chi connectivity index (χ2n) is 12.8. The molecule has 4 atom stereocenters. The molecule has 3 amide bonds. The number of nitrogens with one attached hydrogen (secondary N) is 1. The number of nitrogens with zero attached hydrogens (tertiary/aromatic N) is 3. The van der Waals surface area contributed by atoms with Crippen LogP contribution >= 0.6 is 11.3 Å². The monoisotopic (exact) mass is 612 g/mol. The van der Waals surface area contributed by atoms with Crippen LogP contribution in [0.3, 0.4) is 0 Å². The number of hydrogen-bond acceptors (Lipinski definition) is 6. The van der Waals surface area contributed by atoms with Crippen LogP contribution in [-0.2, 0) is 20.8 Å². The molecule has 1 aromatic carbocycles. The van der Waals surface area contributed by atoms with E-state index >= 15 is 0 Å². The molecule has 0 radical (unpaired) electrons. The Balaban J connectivity index is 1.83. The maximum absolute atomic E-state index is 14.0. The van der Waals surface area contributed by atoms with Crippen LogP contribution in [0.1, 0.15) is 95.2 Å². The fourth-order valence-corrected chi connectivity index (χ4v) is 6.59. The molecule has 1 saturated carbocycles. The van der Waals surface area contributed by atoms with E-state index in [1.807, 2.05) is 42.6 Å². The number of likely N-dealkylation sites (N-methyl/N-ethyl adjacent to an activating group) is 1. The average Bonchev–Trinajstić information content (AvgIpc) is 3.51. The van der Waals surface area contributed by atoms with E-state index in [2.05, 4.69) is 24.1 Å². The van der Waals surface area contributed by atoms with Gasteiger partial charge in [-0.2, -0.15) is 0 Å². The zero-order chi connectivity index (χ0) is 31.4. The third-order valence-corrected chi connectivity index (χ3v) is 9.52. The summed E-state index contributed by atoms with van der Waals surface area (Å²) in [5, 5.41) is 17.1. The third-order valence-electron chi connectivity index (χ3n) is 8.71. The van der Waals surface area contributed by atoms with E-state index < -0.39 is 12.0 Å². The lowest BCUT2D eigenvalue weighted by atomic mass is 9.82. The van der Waals surface area contributed by atoms with E-state index in [0.29, 0.717) is 24.7 Å². The Morgan fingerprint density at radius 3 is 2.33 bits per heavy atom. The van der Waals surface area contributed by atoms with Crippen LogP contribution in [0.15, 0.2) is 41.9 Å². The molecule has 2 N–H and O–H groups in total. The summed E-state index contributed by atoms with van der Waals surface area (Å²) in [6, 6.07) is 8.92. The molecule has 3 rings (SSSR count). The van der Waals surface area contributed by atoms with Crippen molar-refractivity contribution in [2.24, 2.45) is 17.8 Å². The SMILES string of the molecule is CC(C)CC[C@H](O)[C@H](CC1CCCCC1)NC(=O)[C@@H](CC(=O)N(CC(=O)N(C)C)[C@@H](C)c1ccccc1)Cc1nccs1. The molecule has 1 aromatic heterocycles. The van der Waals surface area contributed by atoms with Crippen molar-refractivity contribution in [1.29, 1.82) is 0 Å². The Kier molecular flexibility index (Phi) is 14.1. The van der Waals surface area contributed by atoms with Crippen LogP contribution < -0.4 is 5.32 Å². The topological polar surface area (TPSA) is 103 Å². The molecule has 2 aromatic rings. The average molecular weight is 613 g/mol. The lowest BCUT2D eigenvalue weighted by molar-refractivity contribution is -0.143. The first kappa shape index (κ1) is 34.7. The number of rotatable bonds is 16. The predicted octanol–water partition coefficient (Wildman–Crippen LogP) is 5.62. The summed E-state index contributed by atoms with van der Waals surface area (Å²) in [5.41, 5.74) is 0.921. The van der Waals surface area contributed by atoms with Gasteiger partial charge in [0.1, 0.15) is 6.54 Å². The second-order valence-corrected chi connectivity index (χ2v) is 13.8.